The van der Waals surface area contributed by atoms with Gasteiger partial charge in [0.15, 0.2) is 5.03 Å². The van der Waals surface area contributed by atoms with Gasteiger partial charge in [-0.3, -0.25) is 9.78 Å². The average molecular weight is 346 g/mol. The van der Waals surface area contributed by atoms with Crippen molar-refractivity contribution >= 4 is 35.0 Å². The van der Waals surface area contributed by atoms with E-state index >= 15 is 0 Å². The summed E-state index contributed by atoms with van der Waals surface area (Å²) < 4.78 is 4.99. The third kappa shape index (κ3) is 3.55. The largest absolute Gasteiger partial charge is 0.367 e. The molecule has 0 spiro atoms. The molecule has 2 N–H and O–H groups in total. The Kier molecular flexibility index (Phi) is 4.64. The van der Waals surface area contributed by atoms with Crippen LogP contribution in [0.3, 0.4) is 0 Å². The number of halogens is 1. The molecule has 0 aliphatic carbocycles. The SMILES string of the molecule is Nc1onc(SCc2cccnc2)c1C(=O)c1cccc(Cl)c1. The van der Waals surface area contributed by atoms with Gasteiger partial charge in [0, 0.05) is 28.7 Å². The molecule has 7 heteroatoms. The smallest absolute Gasteiger partial charge is 0.234 e. The fourth-order valence-electron chi connectivity index (χ4n) is 2.00. The molecule has 0 saturated carbocycles. The minimum absolute atomic E-state index is 0.00339. The Morgan fingerprint density at radius 3 is 2.91 bits per heavy atom. The lowest BCUT2D eigenvalue weighted by Crippen LogP contribution is -2.04. The minimum Gasteiger partial charge on any atom is -0.367 e. The summed E-state index contributed by atoms with van der Waals surface area (Å²) in [5.74, 6) is 0.346. The Hall–Kier alpha value is -2.31. The van der Waals surface area contributed by atoms with Crippen LogP contribution in [0, 0.1) is 0 Å². The maximum absolute atomic E-state index is 12.6. The first-order valence-corrected chi connectivity index (χ1v) is 8.08. The van der Waals surface area contributed by atoms with Gasteiger partial charge < -0.3 is 10.3 Å². The summed E-state index contributed by atoms with van der Waals surface area (Å²) in [5.41, 5.74) is 7.50. The van der Waals surface area contributed by atoms with Crippen LogP contribution in [-0.4, -0.2) is 15.9 Å². The first kappa shape index (κ1) is 15.6. The molecular weight excluding hydrogens is 334 g/mol. The van der Waals surface area contributed by atoms with Crippen LogP contribution in [0.4, 0.5) is 5.88 Å². The van der Waals surface area contributed by atoms with E-state index in [4.69, 9.17) is 21.9 Å². The number of aromatic nitrogens is 2. The summed E-state index contributed by atoms with van der Waals surface area (Å²) in [6, 6.07) is 10.5. The monoisotopic (exact) mass is 345 g/mol. The van der Waals surface area contributed by atoms with Crippen LogP contribution >= 0.6 is 23.4 Å². The van der Waals surface area contributed by atoms with Crippen molar-refractivity contribution in [2.24, 2.45) is 0 Å². The fraction of sp³-hybridized carbons (Fsp3) is 0.0625. The topological polar surface area (TPSA) is 82.0 Å². The molecule has 3 rings (SSSR count). The molecule has 5 nitrogen and oxygen atoms in total. The quantitative estimate of drug-likeness (QED) is 0.559. The average Bonchev–Trinajstić information content (AvgIpc) is 2.94. The van der Waals surface area contributed by atoms with E-state index in [-0.39, 0.29) is 17.2 Å². The highest BCUT2D eigenvalue weighted by Crippen LogP contribution is 2.31. The van der Waals surface area contributed by atoms with Gasteiger partial charge in [-0.1, -0.05) is 46.7 Å². The third-order valence-corrected chi connectivity index (χ3v) is 4.36. The lowest BCUT2D eigenvalue weighted by Gasteiger charge is -2.03. The van der Waals surface area contributed by atoms with Gasteiger partial charge in [0.05, 0.1) is 0 Å². The predicted molar refractivity (Wildman–Crippen MR) is 89.6 cm³/mol. The van der Waals surface area contributed by atoms with Crippen molar-refractivity contribution in [1.29, 1.82) is 0 Å². The Bertz CT molecular complexity index is 836. The summed E-state index contributed by atoms with van der Waals surface area (Å²) in [5, 5.41) is 4.83. The number of carbonyl (C=O) groups is 1. The van der Waals surface area contributed by atoms with Gasteiger partial charge in [0.25, 0.3) is 0 Å². The highest BCUT2D eigenvalue weighted by molar-refractivity contribution is 7.98. The molecule has 1 aromatic carbocycles. The summed E-state index contributed by atoms with van der Waals surface area (Å²) in [4.78, 5) is 16.7. The molecule has 3 aromatic rings. The summed E-state index contributed by atoms with van der Waals surface area (Å²) in [6.45, 7) is 0. The van der Waals surface area contributed by atoms with E-state index in [1.54, 1.807) is 36.7 Å². The zero-order valence-electron chi connectivity index (χ0n) is 11.9. The Balaban J connectivity index is 1.85. The number of rotatable bonds is 5. The number of hydrogen-bond acceptors (Lipinski definition) is 6. The van der Waals surface area contributed by atoms with Crippen molar-refractivity contribution in [3.8, 4) is 0 Å². The number of ketones is 1. The number of nitrogens with two attached hydrogens (primary N) is 1. The van der Waals surface area contributed by atoms with Crippen molar-refractivity contribution in [3.05, 3.63) is 70.5 Å². The van der Waals surface area contributed by atoms with E-state index in [0.29, 0.717) is 21.4 Å². The zero-order valence-corrected chi connectivity index (χ0v) is 13.5. The highest BCUT2D eigenvalue weighted by atomic mass is 35.5. The molecule has 0 aliphatic heterocycles. The standard InChI is InChI=1S/C16H12ClN3O2S/c17-12-5-1-4-11(7-12)14(21)13-15(18)22-20-16(13)23-9-10-3-2-6-19-8-10/h1-8H,9,18H2. The lowest BCUT2D eigenvalue weighted by atomic mass is 10.1. The summed E-state index contributed by atoms with van der Waals surface area (Å²) in [7, 11) is 0. The van der Waals surface area contributed by atoms with Crippen LogP contribution in [-0.2, 0) is 5.75 Å². The molecule has 0 saturated heterocycles. The maximum atomic E-state index is 12.6. The predicted octanol–water partition coefficient (Wildman–Crippen LogP) is 3.83. The highest BCUT2D eigenvalue weighted by Gasteiger charge is 2.23. The van der Waals surface area contributed by atoms with E-state index in [9.17, 15) is 4.79 Å². The second-order valence-electron chi connectivity index (χ2n) is 4.72. The molecule has 0 aliphatic rings. The molecule has 2 aromatic heterocycles. The molecule has 0 radical (unpaired) electrons. The van der Waals surface area contributed by atoms with Gasteiger partial charge in [-0.25, -0.2) is 0 Å². The second kappa shape index (κ2) is 6.85. The van der Waals surface area contributed by atoms with Crippen molar-refractivity contribution in [3.63, 3.8) is 0 Å². The van der Waals surface area contributed by atoms with E-state index in [1.165, 1.54) is 11.8 Å². The van der Waals surface area contributed by atoms with Crippen molar-refractivity contribution in [1.82, 2.24) is 10.1 Å². The van der Waals surface area contributed by atoms with Crippen LogP contribution in [0.2, 0.25) is 5.02 Å². The number of hydrogen-bond donors (Lipinski definition) is 1. The number of thioether (sulfide) groups is 1. The first-order valence-electron chi connectivity index (χ1n) is 6.72. The summed E-state index contributed by atoms with van der Waals surface area (Å²) in [6.07, 6.45) is 3.46. The van der Waals surface area contributed by atoms with Crippen molar-refractivity contribution in [2.75, 3.05) is 5.73 Å². The molecule has 0 amide bonds. The van der Waals surface area contributed by atoms with Gasteiger partial charge in [0.2, 0.25) is 11.7 Å². The van der Waals surface area contributed by atoms with Gasteiger partial charge in [-0.2, -0.15) is 0 Å². The van der Waals surface area contributed by atoms with Gasteiger partial charge in [-0.15, -0.1) is 0 Å². The number of nitrogen functional groups attached to an aromatic ring is 1. The van der Waals surface area contributed by atoms with Crippen molar-refractivity contribution in [2.45, 2.75) is 10.8 Å². The zero-order chi connectivity index (χ0) is 16.2. The molecular formula is C16H12ClN3O2S. The minimum atomic E-state index is -0.264. The van der Waals surface area contributed by atoms with Crippen LogP contribution in [0.25, 0.3) is 0 Å². The number of pyridine rings is 1. The molecule has 0 fully saturated rings. The van der Waals surface area contributed by atoms with Gasteiger partial charge in [-0.05, 0) is 23.8 Å². The van der Waals surface area contributed by atoms with Crippen LogP contribution in [0.5, 0.6) is 0 Å². The lowest BCUT2D eigenvalue weighted by molar-refractivity contribution is 0.103. The molecule has 23 heavy (non-hydrogen) atoms. The number of benzene rings is 1. The molecule has 0 bridgehead atoms. The molecule has 116 valence electrons. The normalized spacial score (nSPS) is 10.7. The van der Waals surface area contributed by atoms with E-state index in [1.807, 2.05) is 12.1 Å². The van der Waals surface area contributed by atoms with Crippen LogP contribution in [0.15, 0.2) is 58.3 Å². The van der Waals surface area contributed by atoms with E-state index in [0.717, 1.165) is 5.56 Å². The van der Waals surface area contributed by atoms with Crippen molar-refractivity contribution < 1.29 is 9.32 Å². The number of anilines is 1. The maximum Gasteiger partial charge on any atom is 0.234 e. The number of nitrogens with zero attached hydrogens (tertiary/aromatic N) is 2. The van der Waals surface area contributed by atoms with E-state index < -0.39 is 0 Å². The molecule has 2 heterocycles. The van der Waals surface area contributed by atoms with Crippen LogP contribution in [0.1, 0.15) is 21.5 Å². The molecule has 0 atom stereocenters. The Morgan fingerprint density at radius 1 is 1.30 bits per heavy atom. The van der Waals surface area contributed by atoms with Gasteiger partial charge >= 0.3 is 0 Å². The Morgan fingerprint density at radius 2 is 2.17 bits per heavy atom. The fourth-order valence-corrected chi connectivity index (χ4v) is 3.10. The van der Waals surface area contributed by atoms with Crippen LogP contribution < -0.4 is 5.73 Å². The molecule has 0 unspecified atom stereocenters. The first-order chi connectivity index (χ1) is 11.1. The second-order valence-corrected chi connectivity index (χ2v) is 6.12. The van der Waals surface area contributed by atoms with E-state index in [2.05, 4.69) is 10.1 Å². The third-order valence-electron chi connectivity index (χ3n) is 3.10. The Labute approximate surface area is 141 Å². The summed E-state index contributed by atoms with van der Waals surface area (Å²) >= 11 is 7.31. The number of carbonyl (C=O) groups excluding carboxylic acids is 1. The van der Waals surface area contributed by atoms with Gasteiger partial charge in [0.1, 0.15) is 5.56 Å².